The fraction of sp³-hybridized carbons (Fsp3) is 0.227. The average molecular weight is 344 g/mol. The van der Waals surface area contributed by atoms with Crippen LogP contribution in [0.5, 0.6) is 0 Å². The molecule has 0 saturated carbocycles. The van der Waals surface area contributed by atoms with Gasteiger partial charge in [-0.2, -0.15) is 5.26 Å². The number of carbonyl (C=O) groups excluding carboxylic acids is 1. The zero-order valence-electron chi connectivity index (χ0n) is 15.1. The summed E-state index contributed by atoms with van der Waals surface area (Å²) in [7, 11) is 0. The first kappa shape index (κ1) is 17.6. The Balaban J connectivity index is 2.23. The Morgan fingerprint density at radius 3 is 2.38 bits per heavy atom. The molecule has 0 amide bonds. The van der Waals surface area contributed by atoms with Gasteiger partial charge in [0.05, 0.1) is 17.7 Å². The van der Waals surface area contributed by atoms with E-state index in [2.05, 4.69) is 11.1 Å². The summed E-state index contributed by atoms with van der Waals surface area (Å²) in [6.45, 7) is 5.97. The van der Waals surface area contributed by atoms with Crippen LogP contribution in [0.3, 0.4) is 0 Å². The maximum atomic E-state index is 12.0. The van der Waals surface area contributed by atoms with Crippen LogP contribution in [0.1, 0.15) is 37.5 Å². The maximum Gasteiger partial charge on any atom is 0.317 e. The first-order valence-corrected chi connectivity index (χ1v) is 8.48. The minimum absolute atomic E-state index is 0.230. The smallest absolute Gasteiger partial charge is 0.317 e. The minimum Gasteiger partial charge on any atom is -0.407 e. The average Bonchev–Trinajstić information content (AvgIpc) is 2.61. The number of aliphatic imine (C=N–C) groups is 1. The lowest BCUT2D eigenvalue weighted by Crippen LogP contribution is -2.25. The molecule has 2 aromatic rings. The predicted molar refractivity (Wildman–Crippen MR) is 101 cm³/mol. The zero-order chi connectivity index (χ0) is 18.7. The highest BCUT2D eigenvalue weighted by molar-refractivity contribution is 6.06. The van der Waals surface area contributed by atoms with Crippen LogP contribution in [0, 0.1) is 16.7 Å². The summed E-state index contributed by atoms with van der Waals surface area (Å²) in [5, 5.41) is 9.81. The van der Waals surface area contributed by atoms with E-state index in [0.717, 1.165) is 16.7 Å². The van der Waals surface area contributed by atoms with Gasteiger partial charge in [0.1, 0.15) is 6.07 Å². The summed E-state index contributed by atoms with van der Waals surface area (Å²) in [5.74, 6) is -0.0839. The Bertz CT molecular complexity index is 942. The third kappa shape index (κ3) is 3.57. The molecule has 0 spiro atoms. The molecule has 0 aromatic heterocycles. The van der Waals surface area contributed by atoms with E-state index in [0.29, 0.717) is 11.3 Å². The van der Waals surface area contributed by atoms with Crippen molar-refractivity contribution in [3.63, 3.8) is 0 Å². The molecule has 0 bridgehead atoms. The zero-order valence-corrected chi connectivity index (χ0v) is 15.1. The van der Waals surface area contributed by atoms with Crippen molar-refractivity contribution in [1.29, 1.82) is 5.26 Å². The standard InChI is InChI=1S/C22H20N2O2/c1-22(2,3)20(18(14-23)15-9-5-4-6-10-15)24-21-17-12-8-7-11-16(17)13-19(25)26-21/h4-12H,13H2,1-3H3. The molecule has 1 heterocycles. The van der Waals surface area contributed by atoms with E-state index >= 15 is 0 Å². The van der Waals surface area contributed by atoms with Crippen LogP contribution in [0.2, 0.25) is 0 Å². The van der Waals surface area contributed by atoms with Crippen LogP contribution in [0.4, 0.5) is 0 Å². The topological polar surface area (TPSA) is 62.4 Å². The van der Waals surface area contributed by atoms with Gasteiger partial charge in [0.25, 0.3) is 0 Å². The van der Waals surface area contributed by atoms with Crippen LogP contribution in [0.15, 0.2) is 65.3 Å². The number of hydrogen-bond donors (Lipinski definition) is 0. The van der Waals surface area contributed by atoms with Gasteiger partial charge in [0.2, 0.25) is 5.90 Å². The van der Waals surface area contributed by atoms with Crippen molar-refractivity contribution in [2.75, 3.05) is 0 Å². The third-order valence-electron chi connectivity index (χ3n) is 4.13. The number of ether oxygens (including phenoxy) is 1. The quantitative estimate of drug-likeness (QED) is 0.594. The fourth-order valence-electron chi connectivity index (χ4n) is 2.88. The van der Waals surface area contributed by atoms with Gasteiger partial charge in [0, 0.05) is 11.0 Å². The molecule has 130 valence electrons. The van der Waals surface area contributed by atoms with Crippen molar-refractivity contribution in [3.8, 4) is 6.07 Å². The van der Waals surface area contributed by atoms with Gasteiger partial charge in [0.15, 0.2) is 0 Å². The van der Waals surface area contributed by atoms with Crippen molar-refractivity contribution < 1.29 is 9.53 Å². The number of rotatable bonds is 2. The van der Waals surface area contributed by atoms with Gasteiger partial charge in [-0.15, -0.1) is 0 Å². The van der Waals surface area contributed by atoms with Crippen molar-refractivity contribution >= 4 is 17.4 Å². The minimum atomic E-state index is -0.410. The number of nitrogens with zero attached hydrogens (tertiary/aromatic N) is 2. The second-order valence-corrected chi connectivity index (χ2v) is 7.18. The van der Waals surface area contributed by atoms with Gasteiger partial charge in [-0.25, -0.2) is 4.99 Å². The molecule has 0 fully saturated rings. The summed E-state index contributed by atoms with van der Waals surface area (Å²) in [6.07, 6.45) is 0.230. The number of esters is 1. The monoisotopic (exact) mass is 344 g/mol. The van der Waals surface area contributed by atoms with Crippen LogP contribution in [-0.2, 0) is 16.0 Å². The first-order chi connectivity index (χ1) is 12.4. The highest BCUT2D eigenvalue weighted by Gasteiger charge is 2.27. The number of carbonyl (C=O) groups is 1. The van der Waals surface area contributed by atoms with Gasteiger partial charge < -0.3 is 4.74 Å². The second kappa shape index (κ2) is 6.97. The third-order valence-corrected chi connectivity index (χ3v) is 4.13. The molecule has 0 radical (unpaired) electrons. The summed E-state index contributed by atoms with van der Waals surface area (Å²) in [4.78, 5) is 16.7. The van der Waals surface area contributed by atoms with Crippen molar-refractivity contribution in [1.82, 2.24) is 0 Å². The van der Waals surface area contributed by atoms with Gasteiger partial charge >= 0.3 is 5.97 Å². The molecular formula is C22H20N2O2. The summed E-state index contributed by atoms with van der Waals surface area (Å²) >= 11 is 0. The van der Waals surface area contributed by atoms with Crippen molar-refractivity contribution in [2.45, 2.75) is 27.2 Å². The van der Waals surface area contributed by atoms with E-state index in [-0.39, 0.29) is 18.3 Å². The number of cyclic esters (lactones) is 1. The largest absolute Gasteiger partial charge is 0.407 e. The molecule has 0 unspecified atom stereocenters. The van der Waals surface area contributed by atoms with Gasteiger partial charge in [-0.1, -0.05) is 69.3 Å². The van der Waals surface area contributed by atoms with Crippen LogP contribution >= 0.6 is 0 Å². The van der Waals surface area contributed by atoms with Crippen molar-refractivity contribution in [3.05, 3.63) is 77.0 Å². The highest BCUT2D eigenvalue weighted by atomic mass is 16.5. The molecule has 4 heteroatoms. The van der Waals surface area contributed by atoms with Crippen LogP contribution in [-0.4, -0.2) is 11.9 Å². The van der Waals surface area contributed by atoms with Crippen LogP contribution < -0.4 is 0 Å². The Morgan fingerprint density at radius 2 is 1.73 bits per heavy atom. The summed E-state index contributed by atoms with van der Waals surface area (Å²) < 4.78 is 5.44. The van der Waals surface area contributed by atoms with Gasteiger partial charge in [-0.05, 0) is 17.2 Å². The molecule has 1 aliphatic heterocycles. The number of nitriles is 1. The second-order valence-electron chi connectivity index (χ2n) is 7.18. The predicted octanol–water partition coefficient (Wildman–Crippen LogP) is 4.51. The normalized spacial score (nSPS) is 16.4. The van der Waals surface area contributed by atoms with E-state index in [1.165, 1.54) is 0 Å². The number of fused-ring (bicyclic) bond motifs is 1. The molecule has 3 rings (SSSR count). The lowest BCUT2D eigenvalue weighted by molar-refractivity contribution is -0.135. The molecule has 2 aromatic carbocycles. The number of allylic oxidation sites excluding steroid dienone is 2. The Morgan fingerprint density at radius 1 is 1.08 bits per heavy atom. The SMILES string of the molecule is CC(C)(C)C(N=C1OC(=O)Cc2ccccc21)=C(C#N)c1ccccc1. The van der Waals surface area contributed by atoms with E-state index in [9.17, 15) is 10.1 Å². The Kier molecular flexibility index (Phi) is 4.73. The molecule has 26 heavy (non-hydrogen) atoms. The van der Waals surface area contributed by atoms with Crippen LogP contribution in [0.25, 0.3) is 5.57 Å². The molecule has 0 N–H and O–H groups in total. The Hall–Kier alpha value is -3.19. The first-order valence-electron chi connectivity index (χ1n) is 8.48. The summed E-state index contributed by atoms with van der Waals surface area (Å²) in [6, 6.07) is 19.3. The molecular weight excluding hydrogens is 324 g/mol. The molecule has 0 saturated heterocycles. The van der Waals surface area contributed by atoms with E-state index in [1.54, 1.807) is 0 Å². The Labute approximate surface area is 153 Å². The van der Waals surface area contributed by atoms with Crippen molar-refractivity contribution in [2.24, 2.45) is 10.4 Å². The number of hydrogen-bond acceptors (Lipinski definition) is 4. The number of benzene rings is 2. The van der Waals surface area contributed by atoms with E-state index < -0.39 is 5.41 Å². The molecule has 1 aliphatic rings. The fourth-order valence-corrected chi connectivity index (χ4v) is 2.88. The van der Waals surface area contributed by atoms with Gasteiger partial charge in [-0.3, -0.25) is 4.79 Å². The lowest BCUT2D eigenvalue weighted by Gasteiger charge is -2.24. The van der Waals surface area contributed by atoms with E-state index in [1.807, 2.05) is 75.4 Å². The summed E-state index contributed by atoms with van der Waals surface area (Å²) in [5.41, 5.74) is 3.12. The lowest BCUT2D eigenvalue weighted by atomic mass is 9.87. The molecule has 4 nitrogen and oxygen atoms in total. The molecule has 0 aliphatic carbocycles. The van der Waals surface area contributed by atoms with E-state index in [4.69, 9.17) is 4.74 Å². The highest BCUT2D eigenvalue weighted by Crippen LogP contribution is 2.34. The molecule has 0 atom stereocenters. The maximum absolute atomic E-state index is 12.0.